The standard InChI is InChI=1S/C13H17NOS/c1-10-4-6-11(7-5-10)16-9-12(14)13-3-2-8-15-13/h3-7,12H,2,8-9,14H2,1H3. The topological polar surface area (TPSA) is 35.2 Å². The van der Waals surface area contributed by atoms with Gasteiger partial charge in [0, 0.05) is 17.1 Å². The van der Waals surface area contributed by atoms with E-state index < -0.39 is 0 Å². The summed E-state index contributed by atoms with van der Waals surface area (Å²) in [4.78, 5) is 1.26. The van der Waals surface area contributed by atoms with Gasteiger partial charge in [-0.25, -0.2) is 0 Å². The molecule has 1 aliphatic rings. The van der Waals surface area contributed by atoms with Crippen molar-refractivity contribution in [1.82, 2.24) is 0 Å². The lowest BCUT2D eigenvalue weighted by molar-refractivity contribution is 0.228. The van der Waals surface area contributed by atoms with Crippen LogP contribution >= 0.6 is 11.8 Å². The van der Waals surface area contributed by atoms with Crippen LogP contribution < -0.4 is 5.73 Å². The van der Waals surface area contributed by atoms with Gasteiger partial charge in [0.15, 0.2) is 0 Å². The van der Waals surface area contributed by atoms with Crippen LogP contribution in [0.15, 0.2) is 41.0 Å². The maximum absolute atomic E-state index is 6.04. The Bertz CT molecular complexity index is 372. The van der Waals surface area contributed by atoms with Crippen molar-refractivity contribution in [2.24, 2.45) is 5.73 Å². The second-order valence-corrected chi connectivity index (χ2v) is 5.07. The molecule has 1 heterocycles. The van der Waals surface area contributed by atoms with Gasteiger partial charge in [-0.3, -0.25) is 0 Å². The number of hydrogen-bond acceptors (Lipinski definition) is 3. The van der Waals surface area contributed by atoms with Crippen LogP contribution in [-0.2, 0) is 4.74 Å². The Kier molecular flexibility index (Phi) is 3.91. The first kappa shape index (κ1) is 11.6. The molecule has 2 rings (SSSR count). The fourth-order valence-corrected chi connectivity index (χ4v) is 2.46. The van der Waals surface area contributed by atoms with Crippen LogP contribution in [0.4, 0.5) is 0 Å². The van der Waals surface area contributed by atoms with Crippen molar-refractivity contribution in [2.75, 3.05) is 12.4 Å². The predicted octanol–water partition coefficient (Wildman–Crippen LogP) is 2.72. The maximum atomic E-state index is 6.04. The lowest BCUT2D eigenvalue weighted by atomic mass is 10.2. The van der Waals surface area contributed by atoms with Crippen molar-refractivity contribution in [3.63, 3.8) is 0 Å². The van der Waals surface area contributed by atoms with Gasteiger partial charge in [0.25, 0.3) is 0 Å². The molecular weight excluding hydrogens is 218 g/mol. The minimum Gasteiger partial charge on any atom is -0.496 e. The normalized spacial score (nSPS) is 16.8. The van der Waals surface area contributed by atoms with Crippen molar-refractivity contribution < 1.29 is 4.74 Å². The summed E-state index contributed by atoms with van der Waals surface area (Å²) in [5.74, 6) is 1.83. The summed E-state index contributed by atoms with van der Waals surface area (Å²) in [5, 5.41) is 0. The average Bonchev–Trinajstić information content (AvgIpc) is 2.81. The highest BCUT2D eigenvalue weighted by molar-refractivity contribution is 7.99. The average molecular weight is 235 g/mol. The first-order valence-corrected chi connectivity index (χ1v) is 6.52. The lowest BCUT2D eigenvalue weighted by Gasteiger charge is -2.12. The Morgan fingerprint density at radius 1 is 1.38 bits per heavy atom. The number of nitrogens with two attached hydrogens (primary N) is 1. The zero-order valence-electron chi connectivity index (χ0n) is 9.48. The SMILES string of the molecule is Cc1ccc(SCC(N)C2=CCCO2)cc1. The molecule has 1 aromatic rings. The van der Waals surface area contributed by atoms with E-state index in [1.807, 2.05) is 0 Å². The largest absolute Gasteiger partial charge is 0.496 e. The number of hydrogen-bond donors (Lipinski definition) is 1. The molecule has 0 saturated carbocycles. The van der Waals surface area contributed by atoms with Crippen LogP contribution in [0.3, 0.4) is 0 Å². The number of ether oxygens (including phenoxy) is 1. The zero-order chi connectivity index (χ0) is 11.4. The van der Waals surface area contributed by atoms with Gasteiger partial charge in [0.05, 0.1) is 12.6 Å². The Morgan fingerprint density at radius 3 is 2.75 bits per heavy atom. The van der Waals surface area contributed by atoms with E-state index in [-0.39, 0.29) is 6.04 Å². The fourth-order valence-electron chi connectivity index (χ4n) is 1.60. The molecule has 0 fully saturated rings. The first-order valence-electron chi connectivity index (χ1n) is 5.53. The van der Waals surface area contributed by atoms with Gasteiger partial charge in [-0.2, -0.15) is 0 Å². The molecule has 1 atom stereocenters. The van der Waals surface area contributed by atoms with Crippen LogP contribution in [0, 0.1) is 6.92 Å². The summed E-state index contributed by atoms with van der Waals surface area (Å²) in [6, 6.07) is 8.54. The van der Waals surface area contributed by atoms with Gasteiger partial charge >= 0.3 is 0 Å². The zero-order valence-corrected chi connectivity index (χ0v) is 10.3. The molecule has 0 aromatic heterocycles. The second kappa shape index (κ2) is 5.41. The van der Waals surface area contributed by atoms with Crippen LogP contribution in [-0.4, -0.2) is 18.4 Å². The van der Waals surface area contributed by atoms with Crippen LogP contribution in [0.25, 0.3) is 0 Å². The third-order valence-corrected chi connectivity index (χ3v) is 3.68. The van der Waals surface area contributed by atoms with Crippen LogP contribution in [0.2, 0.25) is 0 Å². The van der Waals surface area contributed by atoms with Crippen LogP contribution in [0.1, 0.15) is 12.0 Å². The molecule has 0 bridgehead atoms. The quantitative estimate of drug-likeness (QED) is 0.815. The van der Waals surface area contributed by atoms with Gasteiger partial charge in [-0.15, -0.1) is 11.8 Å². The van der Waals surface area contributed by atoms with Crippen LogP contribution in [0.5, 0.6) is 0 Å². The van der Waals surface area contributed by atoms with E-state index in [9.17, 15) is 0 Å². The molecule has 0 saturated heterocycles. The van der Waals surface area contributed by atoms with E-state index in [0.717, 1.165) is 24.5 Å². The molecular formula is C13H17NOS. The number of rotatable bonds is 4. The Labute approximate surface area is 101 Å². The Hall–Kier alpha value is -0.930. The Morgan fingerprint density at radius 2 is 2.12 bits per heavy atom. The molecule has 86 valence electrons. The summed E-state index contributed by atoms with van der Waals surface area (Å²) in [6.07, 6.45) is 3.10. The minimum absolute atomic E-state index is 0.0220. The third kappa shape index (κ3) is 3.03. The lowest BCUT2D eigenvalue weighted by Crippen LogP contribution is -2.25. The summed E-state index contributed by atoms with van der Waals surface area (Å²) < 4.78 is 5.45. The molecule has 2 nitrogen and oxygen atoms in total. The Balaban J connectivity index is 1.84. The van der Waals surface area contributed by atoms with E-state index in [0.29, 0.717) is 0 Å². The maximum Gasteiger partial charge on any atom is 0.110 e. The van der Waals surface area contributed by atoms with Gasteiger partial charge < -0.3 is 10.5 Å². The number of aryl methyl sites for hydroxylation is 1. The summed E-state index contributed by atoms with van der Waals surface area (Å²) in [5.41, 5.74) is 7.33. The molecule has 3 heteroatoms. The van der Waals surface area contributed by atoms with E-state index in [2.05, 4.69) is 37.3 Å². The van der Waals surface area contributed by atoms with Crippen molar-refractivity contribution in [3.8, 4) is 0 Å². The predicted molar refractivity (Wildman–Crippen MR) is 68.5 cm³/mol. The third-order valence-electron chi connectivity index (χ3n) is 2.55. The van der Waals surface area contributed by atoms with Gasteiger partial charge in [-0.05, 0) is 25.1 Å². The highest BCUT2D eigenvalue weighted by Gasteiger charge is 2.14. The van der Waals surface area contributed by atoms with Gasteiger partial charge in [-0.1, -0.05) is 17.7 Å². The highest BCUT2D eigenvalue weighted by atomic mass is 32.2. The van der Waals surface area contributed by atoms with E-state index in [1.165, 1.54) is 10.5 Å². The van der Waals surface area contributed by atoms with Crippen molar-refractivity contribution in [1.29, 1.82) is 0 Å². The van der Waals surface area contributed by atoms with Crippen molar-refractivity contribution in [3.05, 3.63) is 41.7 Å². The molecule has 2 N–H and O–H groups in total. The summed E-state index contributed by atoms with van der Waals surface area (Å²) in [7, 11) is 0. The van der Waals surface area contributed by atoms with E-state index >= 15 is 0 Å². The van der Waals surface area contributed by atoms with E-state index in [1.54, 1.807) is 11.8 Å². The minimum atomic E-state index is 0.0220. The molecule has 1 unspecified atom stereocenters. The smallest absolute Gasteiger partial charge is 0.110 e. The fraction of sp³-hybridized carbons (Fsp3) is 0.385. The summed E-state index contributed by atoms with van der Waals surface area (Å²) in [6.45, 7) is 2.88. The highest BCUT2D eigenvalue weighted by Crippen LogP contribution is 2.22. The molecule has 1 aromatic carbocycles. The van der Waals surface area contributed by atoms with Gasteiger partial charge in [0.1, 0.15) is 5.76 Å². The molecule has 16 heavy (non-hydrogen) atoms. The molecule has 0 radical (unpaired) electrons. The first-order chi connectivity index (χ1) is 7.75. The van der Waals surface area contributed by atoms with Crippen molar-refractivity contribution >= 4 is 11.8 Å². The van der Waals surface area contributed by atoms with Crippen molar-refractivity contribution in [2.45, 2.75) is 24.3 Å². The molecule has 1 aliphatic heterocycles. The summed E-state index contributed by atoms with van der Waals surface area (Å²) >= 11 is 1.78. The number of benzene rings is 1. The molecule has 0 amide bonds. The number of thioether (sulfide) groups is 1. The molecule has 0 spiro atoms. The van der Waals surface area contributed by atoms with Gasteiger partial charge in [0.2, 0.25) is 0 Å². The van der Waals surface area contributed by atoms with E-state index in [4.69, 9.17) is 10.5 Å². The second-order valence-electron chi connectivity index (χ2n) is 3.97. The monoisotopic (exact) mass is 235 g/mol. The molecule has 0 aliphatic carbocycles.